The molecule has 1 unspecified atom stereocenters. The minimum Gasteiger partial charge on any atom is -0.385 e. The number of likely N-dealkylation sites (tertiary alicyclic amines) is 1. The van der Waals surface area contributed by atoms with Gasteiger partial charge in [0.2, 0.25) is 0 Å². The molecule has 3 nitrogen and oxygen atoms in total. The number of ether oxygens (including phenoxy) is 1. The van der Waals surface area contributed by atoms with E-state index in [9.17, 15) is 0 Å². The molecule has 2 heterocycles. The maximum Gasteiger partial charge on any atom is 0.0498 e. The van der Waals surface area contributed by atoms with Crippen molar-refractivity contribution in [2.24, 2.45) is 0 Å². The number of para-hydroxylation sites is 1. The lowest BCUT2D eigenvalue weighted by atomic mass is 9.98. The Morgan fingerprint density at radius 2 is 2.09 bits per heavy atom. The molecule has 1 aliphatic rings. The highest BCUT2D eigenvalue weighted by molar-refractivity contribution is 5.80. The summed E-state index contributed by atoms with van der Waals surface area (Å²) in [6.45, 7) is 3.35. The summed E-state index contributed by atoms with van der Waals surface area (Å²) < 4.78 is 5.14. The molecule has 0 spiro atoms. The van der Waals surface area contributed by atoms with Gasteiger partial charge in [0.05, 0.1) is 0 Å². The number of nitrogens with zero attached hydrogens (tertiary/aromatic N) is 1. The number of nitrogens with one attached hydrogen (secondary N) is 1. The zero-order chi connectivity index (χ0) is 15.2. The third-order valence-electron chi connectivity index (χ3n) is 4.82. The number of aromatic nitrogens is 1. The zero-order valence-electron chi connectivity index (χ0n) is 13.7. The van der Waals surface area contributed by atoms with Gasteiger partial charge < -0.3 is 9.72 Å². The van der Waals surface area contributed by atoms with E-state index >= 15 is 0 Å². The number of methoxy groups -OCH3 is 1. The molecule has 3 rings (SSSR count). The monoisotopic (exact) mass is 300 g/mol. The molecule has 1 aromatic heterocycles. The summed E-state index contributed by atoms with van der Waals surface area (Å²) in [7, 11) is 1.79. The van der Waals surface area contributed by atoms with Gasteiger partial charge in [0.25, 0.3) is 0 Å². The predicted octanol–water partition coefficient (Wildman–Crippen LogP) is 4.51. The Balaban J connectivity index is 1.64. The van der Waals surface area contributed by atoms with Crippen LogP contribution in [0.15, 0.2) is 30.3 Å². The van der Waals surface area contributed by atoms with Crippen LogP contribution >= 0.6 is 0 Å². The van der Waals surface area contributed by atoms with E-state index in [-0.39, 0.29) is 0 Å². The minimum absolute atomic E-state index is 0.573. The van der Waals surface area contributed by atoms with Crippen molar-refractivity contribution in [3.8, 4) is 0 Å². The molecule has 0 amide bonds. The van der Waals surface area contributed by atoms with Gasteiger partial charge >= 0.3 is 0 Å². The van der Waals surface area contributed by atoms with E-state index in [0.29, 0.717) is 6.04 Å². The first-order valence-corrected chi connectivity index (χ1v) is 8.69. The second-order valence-corrected chi connectivity index (χ2v) is 6.41. The number of hydrogen-bond donors (Lipinski definition) is 1. The molecule has 1 fully saturated rings. The van der Waals surface area contributed by atoms with Crippen molar-refractivity contribution in [1.82, 2.24) is 9.88 Å². The number of piperidine rings is 1. The fourth-order valence-electron chi connectivity index (χ4n) is 3.62. The highest BCUT2D eigenvalue weighted by atomic mass is 16.5. The van der Waals surface area contributed by atoms with Crippen molar-refractivity contribution in [3.63, 3.8) is 0 Å². The molecular formula is C19H28N2O. The summed E-state index contributed by atoms with van der Waals surface area (Å²) in [5.74, 6) is 0. The van der Waals surface area contributed by atoms with E-state index in [4.69, 9.17) is 4.74 Å². The molecule has 22 heavy (non-hydrogen) atoms. The van der Waals surface area contributed by atoms with Gasteiger partial charge in [-0.3, -0.25) is 4.90 Å². The van der Waals surface area contributed by atoms with Gasteiger partial charge in [-0.15, -0.1) is 0 Å². The number of aromatic amines is 1. The second-order valence-electron chi connectivity index (χ2n) is 6.41. The Morgan fingerprint density at radius 3 is 2.95 bits per heavy atom. The van der Waals surface area contributed by atoms with E-state index in [1.165, 1.54) is 68.2 Å². The van der Waals surface area contributed by atoms with E-state index in [1.54, 1.807) is 7.11 Å². The summed E-state index contributed by atoms with van der Waals surface area (Å²) in [4.78, 5) is 6.33. The molecule has 2 aromatic rings. The average Bonchev–Trinajstić information content (AvgIpc) is 2.99. The molecule has 3 heteroatoms. The molecule has 1 atom stereocenters. The Morgan fingerprint density at radius 1 is 1.18 bits per heavy atom. The number of benzene rings is 1. The van der Waals surface area contributed by atoms with Crippen LogP contribution < -0.4 is 0 Å². The molecule has 1 saturated heterocycles. The van der Waals surface area contributed by atoms with Gasteiger partial charge in [-0.05, 0) is 62.7 Å². The molecule has 0 radical (unpaired) electrons. The smallest absolute Gasteiger partial charge is 0.0498 e. The van der Waals surface area contributed by atoms with Gasteiger partial charge in [-0.1, -0.05) is 24.6 Å². The third kappa shape index (κ3) is 3.71. The number of rotatable bonds is 7. The minimum atomic E-state index is 0.573. The second kappa shape index (κ2) is 7.80. The number of hydrogen-bond acceptors (Lipinski definition) is 2. The lowest BCUT2D eigenvalue weighted by Gasteiger charge is -2.35. The van der Waals surface area contributed by atoms with E-state index in [1.807, 2.05) is 0 Å². The van der Waals surface area contributed by atoms with Crippen LogP contribution in [-0.4, -0.2) is 36.7 Å². The Bertz CT molecular complexity index is 545. The SMILES string of the molecule is COCCCCCN1CCCCC1c1cc2ccccc2[nH]1. The number of H-pyrrole nitrogens is 1. The topological polar surface area (TPSA) is 28.3 Å². The summed E-state index contributed by atoms with van der Waals surface area (Å²) in [6, 6.07) is 11.5. The van der Waals surface area contributed by atoms with Crippen LogP contribution in [0.1, 0.15) is 50.3 Å². The summed E-state index contributed by atoms with van der Waals surface area (Å²) >= 11 is 0. The molecule has 0 bridgehead atoms. The zero-order valence-corrected chi connectivity index (χ0v) is 13.7. The normalized spacial score (nSPS) is 19.8. The van der Waals surface area contributed by atoms with E-state index < -0.39 is 0 Å². The van der Waals surface area contributed by atoms with Crippen LogP contribution in [0.3, 0.4) is 0 Å². The predicted molar refractivity (Wildman–Crippen MR) is 92.2 cm³/mol. The molecule has 1 aromatic carbocycles. The molecule has 0 saturated carbocycles. The maximum absolute atomic E-state index is 5.14. The van der Waals surface area contributed by atoms with Crippen LogP contribution in [0.2, 0.25) is 0 Å². The molecule has 0 aliphatic carbocycles. The number of fused-ring (bicyclic) bond motifs is 1. The summed E-state index contributed by atoms with van der Waals surface area (Å²) in [5, 5.41) is 1.34. The first-order chi connectivity index (χ1) is 10.9. The van der Waals surface area contributed by atoms with E-state index in [2.05, 4.69) is 40.2 Å². The molecular weight excluding hydrogens is 272 g/mol. The molecule has 1 aliphatic heterocycles. The van der Waals surface area contributed by atoms with Crippen LogP contribution in [0.5, 0.6) is 0 Å². The van der Waals surface area contributed by atoms with Crippen LogP contribution in [0.4, 0.5) is 0 Å². The lowest BCUT2D eigenvalue weighted by Crippen LogP contribution is -2.34. The van der Waals surface area contributed by atoms with Crippen molar-refractivity contribution < 1.29 is 4.74 Å². The summed E-state index contributed by atoms with van der Waals surface area (Å²) in [6.07, 6.45) is 7.70. The van der Waals surface area contributed by atoms with Crippen LogP contribution in [0.25, 0.3) is 10.9 Å². The van der Waals surface area contributed by atoms with Crippen LogP contribution in [0, 0.1) is 0 Å². The third-order valence-corrected chi connectivity index (χ3v) is 4.82. The Labute approximate surface area is 133 Å². The van der Waals surface area contributed by atoms with Crippen molar-refractivity contribution >= 4 is 10.9 Å². The first kappa shape index (κ1) is 15.6. The van der Waals surface area contributed by atoms with Crippen molar-refractivity contribution in [2.45, 2.75) is 44.6 Å². The van der Waals surface area contributed by atoms with Gasteiger partial charge in [0.1, 0.15) is 0 Å². The Hall–Kier alpha value is -1.32. The van der Waals surface area contributed by atoms with Gasteiger partial charge in [0.15, 0.2) is 0 Å². The van der Waals surface area contributed by atoms with Crippen molar-refractivity contribution in [3.05, 3.63) is 36.0 Å². The maximum atomic E-state index is 5.14. The fraction of sp³-hybridized carbons (Fsp3) is 0.579. The largest absolute Gasteiger partial charge is 0.385 e. The van der Waals surface area contributed by atoms with Crippen molar-refractivity contribution in [2.75, 3.05) is 26.8 Å². The van der Waals surface area contributed by atoms with Gasteiger partial charge in [-0.2, -0.15) is 0 Å². The highest BCUT2D eigenvalue weighted by Gasteiger charge is 2.24. The number of unbranched alkanes of at least 4 members (excludes halogenated alkanes) is 2. The van der Waals surface area contributed by atoms with Crippen LogP contribution in [-0.2, 0) is 4.74 Å². The quantitative estimate of drug-likeness (QED) is 0.762. The average molecular weight is 300 g/mol. The fourth-order valence-corrected chi connectivity index (χ4v) is 3.62. The lowest BCUT2D eigenvalue weighted by molar-refractivity contribution is 0.140. The van der Waals surface area contributed by atoms with Gasteiger partial charge in [-0.25, -0.2) is 0 Å². The Kier molecular flexibility index (Phi) is 5.52. The summed E-state index contributed by atoms with van der Waals surface area (Å²) in [5.41, 5.74) is 2.67. The molecule has 120 valence electrons. The van der Waals surface area contributed by atoms with Gasteiger partial charge in [0, 0.05) is 31.0 Å². The molecule has 1 N–H and O–H groups in total. The van der Waals surface area contributed by atoms with E-state index in [0.717, 1.165) is 6.61 Å². The standard InChI is InChI=1S/C19H28N2O/c1-22-14-8-2-6-12-21-13-7-5-11-19(21)18-15-16-9-3-4-10-17(16)20-18/h3-4,9-10,15,19-20H,2,5-8,11-14H2,1H3. The first-order valence-electron chi connectivity index (χ1n) is 8.69. The highest BCUT2D eigenvalue weighted by Crippen LogP contribution is 2.32. The van der Waals surface area contributed by atoms with Crippen molar-refractivity contribution in [1.29, 1.82) is 0 Å².